The Morgan fingerprint density at radius 3 is 2.74 bits per heavy atom. The topological polar surface area (TPSA) is 58.6 Å². The van der Waals surface area contributed by atoms with Gasteiger partial charge in [0.25, 0.3) is 0 Å². The van der Waals surface area contributed by atoms with Crippen LogP contribution in [0, 0.1) is 11.3 Å². The molecule has 0 aromatic heterocycles. The summed E-state index contributed by atoms with van der Waals surface area (Å²) in [6.45, 7) is 6.87. The van der Waals surface area contributed by atoms with Crippen LogP contribution in [-0.4, -0.2) is 25.0 Å². The number of nitrogens with one attached hydrogen (secondary N) is 1. The largest absolute Gasteiger partial charge is 0.490 e. The predicted molar refractivity (Wildman–Crippen MR) is 108 cm³/mol. The lowest BCUT2D eigenvalue weighted by molar-refractivity contribution is -0.127. The van der Waals surface area contributed by atoms with E-state index >= 15 is 0 Å². The highest BCUT2D eigenvalue weighted by atomic mass is 16.5. The van der Waals surface area contributed by atoms with Crippen molar-refractivity contribution >= 4 is 23.2 Å². The molecule has 3 rings (SSSR count). The number of ether oxygens (including phenoxy) is 1. The molecule has 1 aliphatic heterocycles. The van der Waals surface area contributed by atoms with Gasteiger partial charge in [0.1, 0.15) is 12.4 Å². The van der Waals surface area contributed by atoms with E-state index in [0.717, 1.165) is 24.2 Å². The Labute approximate surface area is 162 Å². The van der Waals surface area contributed by atoms with E-state index < -0.39 is 5.41 Å². The fourth-order valence-corrected chi connectivity index (χ4v) is 4.03. The third-order valence-electron chi connectivity index (χ3n) is 5.65. The quantitative estimate of drug-likeness (QED) is 0.783. The van der Waals surface area contributed by atoms with Gasteiger partial charge in [0.05, 0.1) is 11.1 Å². The number of hydrogen-bond acceptors (Lipinski definition) is 3. The average molecular weight is 373 g/mol. The van der Waals surface area contributed by atoms with Gasteiger partial charge in [0.2, 0.25) is 11.8 Å². The summed E-state index contributed by atoms with van der Waals surface area (Å²) in [6.07, 6.45) is 7.54. The number of carbonyl (C=O) groups is 2. The third kappa shape index (κ3) is 4.63. The second-order valence-corrected chi connectivity index (χ2v) is 8.55. The average Bonchev–Trinajstić information content (AvgIpc) is 3.13. The van der Waals surface area contributed by atoms with Gasteiger partial charge in [0, 0.05) is 24.7 Å². The van der Waals surface area contributed by atoms with Gasteiger partial charge in [-0.25, -0.2) is 0 Å². The summed E-state index contributed by atoms with van der Waals surface area (Å²) < 4.78 is 5.96. The molecule has 1 aromatic carbocycles. The molecule has 1 N–H and O–H groups in total. The molecule has 1 heterocycles. The minimum Gasteiger partial charge on any atom is -0.490 e. The van der Waals surface area contributed by atoms with Crippen molar-refractivity contribution in [3.8, 4) is 5.75 Å². The second kappa shape index (κ2) is 8.32. The van der Waals surface area contributed by atoms with E-state index in [-0.39, 0.29) is 11.8 Å². The van der Waals surface area contributed by atoms with Crippen molar-refractivity contribution < 1.29 is 14.3 Å². The van der Waals surface area contributed by atoms with Gasteiger partial charge in [0.15, 0.2) is 0 Å². The highest BCUT2D eigenvalue weighted by Gasteiger charge is 2.37. The zero-order chi connectivity index (χ0) is 19.4. The van der Waals surface area contributed by atoms with Gasteiger partial charge in [-0.2, -0.15) is 0 Å². The maximum absolute atomic E-state index is 12.9. The van der Waals surface area contributed by atoms with Crippen LogP contribution in [0.4, 0.5) is 11.4 Å². The van der Waals surface area contributed by atoms with Crippen LogP contribution in [0.15, 0.2) is 18.2 Å². The Morgan fingerprint density at radius 1 is 1.30 bits per heavy atom. The van der Waals surface area contributed by atoms with Crippen LogP contribution in [0.2, 0.25) is 0 Å². The molecule has 5 nitrogen and oxygen atoms in total. The van der Waals surface area contributed by atoms with Crippen LogP contribution in [0.5, 0.6) is 5.75 Å². The molecule has 5 heteroatoms. The molecule has 0 atom stereocenters. The van der Waals surface area contributed by atoms with Gasteiger partial charge in [-0.15, -0.1) is 0 Å². The summed E-state index contributed by atoms with van der Waals surface area (Å²) in [7, 11) is 0. The second-order valence-electron chi connectivity index (χ2n) is 8.55. The highest BCUT2D eigenvalue weighted by Crippen LogP contribution is 2.38. The Morgan fingerprint density at radius 2 is 2.04 bits per heavy atom. The summed E-state index contributed by atoms with van der Waals surface area (Å²) in [5.74, 6) is 1.51. The summed E-state index contributed by atoms with van der Waals surface area (Å²) in [4.78, 5) is 27.0. The van der Waals surface area contributed by atoms with Crippen LogP contribution in [0.1, 0.15) is 65.7 Å². The fourth-order valence-electron chi connectivity index (χ4n) is 4.03. The Balaban J connectivity index is 1.70. The van der Waals surface area contributed by atoms with E-state index in [1.54, 1.807) is 0 Å². The van der Waals surface area contributed by atoms with Crippen LogP contribution < -0.4 is 15.0 Å². The van der Waals surface area contributed by atoms with Crippen molar-refractivity contribution in [2.24, 2.45) is 11.3 Å². The van der Waals surface area contributed by atoms with E-state index in [9.17, 15) is 9.59 Å². The Hall–Kier alpha value is -2.04. The van der Waals surface area contributed by atoms with Gasteiger partial charge in [-0.1, -0.05) is 32.6 Å². The van der Waals surface area contributed by atoms with Gasteiger partial charge in [-0.3, -0.25) is 9.59 Å². The molecule has 1 saturated carbocycles. The zero-order valence-corrected chi connectivity index (χ0v) is 16.8. The Bertz CT molecular complexity index is 693. The fraction of sp³-hybridized carbons (Fsp3) is 0.636. The van der Waals surface area contributed by atoms with E-state index in [4.69, 9.17) is 4.74 Å². The molecule has 1 fully saturated rings. The first-order valence-corrected chi connectivity index (χ1v) is 10.3. The molecular formula is C22H32N2O3. The number of hydrogen-bond donors (Lipinski definition) is 1. The number of amides is 2. The maximum Gasteiger partial charge on any atom is 0.236 e. The number of rotatable bonds is 6. The lowest BCUT2D eigenvalue weighted by atomic mass is 9.93. The van der Waals surface area contributed by atoms with E-state index in [1.165, 1.54) is 25.7 Å². The van der Waals surface area contributed by atoms with Gasteiger partial charge in [-0.05, 0) is 44.7 Å². The molecule has 148 valence electrons. The van der Waals surface area contributed by atoms with Crippen molar-refractivity contribution in [1.82, 2.24) is 0 Å². The maximum atomic E-state index is 12.9. The van der Waals surface area contributed by atoms with Crippen LogP contribution >= 0.6 is 0 Å². The molecule has 2 aliphatic rings. The number of anilines is 2. The third-order valence-corrected chi connectivity index (χ3v) is 5.65. The molecule has 0 spiro atoms. The van der Waals surface area contributed by atoms with Crippen molar-refractivity contribution in [3.63, 3.8) is 0 Å². The SMILES string of the molecule is CCCN1C(=O)C(C)(C)COc2cc(NC(=O)CCC3CCCC3)ccc21. The normalized spacial score (nSPS) is 19.4. The van der Waals surface area contributed by atoms with E-state index in [2.05, 4.69) is 12.2 Å². The monoisotopic (exact) mass is 372 g/mol. The lowest BCUT2D eigenvalue weighted by Crippen LogP contribution is -2.42. The van der Waals surface area contributed by atoms with E-state index in [0.29, 0.717) is 31.2 Å². The standard InChI is InChI=1S/C22H32N2O3/c1-4-13-24-18-11-10-17(14-19(18)27-15-22(2,3)21(24)26)23-20(25)12-9-16-7-5-6-8-16/h10-11,14,16H,4-9,12-13,15H2,1-3H3,(H,23,25). The number of carbonyl (C=O) groups excluding carboxylic acids is 2. The minimum atomic E-state index is -0.571. The van der Waals surface area contributed by atoms with Crippen molar-refractivity contribution in [2.45, 2.75) is 65.7 Å². The summed E-state index contributed by atoms with van der Waals surface area (Å²) in [5, 5.41) is 2.99. The molecule has 27 heavy (non-hydrogen) atoms. The Kier molecular flexibility index (Phi) is 6.08. The molecule has 0 unspecified atom stereocenters. The summed E-state index contributed by atoms with van der Waals surface area (Å²) in [5.41, 5.74) is 0.948. The smallest absolute Gasteiger partial charge is 0.236 e. The highest BCUT2D eigenvalue weighted by molar-refractivity contribution is 6.00. The summed E-state index contributed by atoms with van der Waals surface area (Å²) in [6, 6.07) is 5.60. The minimum absolute atomic E-state index is 0.0530. The van der Waals surface area contributed by atoms with Crippen LogP contribution in [0.25, 0.3) is 0 Å². The van der Waals surface area contributed by atoms with Gasteiger partial charge >= 0.3 is 0 Å². The molecule has 1 aromatic rings. The predicted octanol–water partition coefficient (Wildman–Crippen LogP) is 4.76. The molecule has 0 saturated heterocycles. The number of benzene rings is 1. The van der Waals surface area contributed by atoms with Crippen molar-refractivity contribution in [1.29, 1.82) is 0 Å². The molecular weight excluding hydrogens is 340 g/mol. The first-order valence-electron chi connectivity index (χ1n) is 10.3. The van der Waals surface area contributed by atoms with Crippen LogP contribution in [0.3, 0.4) is 0 Å². The van der Waals surface area contributed by atoms with Crippen molar-refractivity contribution in [2.75, 3.05) is 23.4 Å². The zero-order valence-electron chi connectivity index (χ0n) is 16.8. The van der Waals surface area contributed by atoms with Crippen molar-refractivity contribution in [3.05, 3.63) is 18.2 Å². The molecule has 1 aliphatic carbocycles. The van der Waals surface area contributed by atoms with Gasteiger partial charge < -0.3 is 15.0 Å². The number of fused-ring (bicyclic) bond motifs is 1. The first kappa shape index (κ1) is 19.7. The summed E-state index contributed by atoms with van der Waals surface area (Å²) >= 11 is 0. The first-order chi connectivity index (χ1) is 12.9. The molecule has 0 radical (unpaired) electrons. The molecule has 0 bridgehead atoms. The number of nitrogens with zero attached hydrogens (tertiary/aromatic N) is 1. The molecule has 2 amide bonds. The van der Waals surface area contributed by atoms with Crippen LogP contribution in [-0.2, 0) is 9.59 Å². The van der Waals surface area contributed by atoms with E-state index in [1.807, 2.05) is 36.9 Å². The lowest BCUT2D eigenvalue weighted by Gasteiger charge is -2.27.